The monoisotopic (exact) mass is 888 g/mol. The molecule has 3 aromatic rings. The molecule has 9 nitrogen and oxygen atoms in total. The Morgan fingerprint density at radius 3 is 0.633 bits per heavy atom. The summed E-state index contributed by atoms with van der Waals surface area (Å²) in [6.07, 6.45) is 0. The van der Waals surface area contributed by atoms with Gasteiger partial charge >= 0.3 is 25.8 Å². The molecule has 1 saturated heterocycles. The van der Waals surface area contributed by atoms with E-state index in [0.717, 1.165) is 50.6 Å². The van der Waals surface area contributed by atoms with Crippen molar-refractivity contribution in [3.8, 4) is 34.5 Å². The smallest absolute Gasteiger partial charge is 0.413 e. The molecule has 0 radical (unpaired) electrons. The lowest BCUT2D eigenvalue weighted by atomic mass is 9.79. The number of ether oxygens (including phenoxy) is 3. The Balaban J connectivity index is 1.97. The van der Waals surface area contributed by atoms with Crippen molar-refractivity contribution in [2.24, 2.45) is 0 Å². The molecular formula is C48H75O9P3. The highest BCUT2D eigenvalue weighted by Crippen LogP contribution is 2.73. The fourth-order valence-electron chi connectivity index (χ4n) is 6.73. The van der Waals surface area contributed by atoms with Crippen LogP contribution in [0.5, 0.6) is 34.5 Å². The predicted molar refractivity (Wildman–Crippen MR) is 251 cm³/mol. The second-order valence-corrected chi connectivity index (χ2v) is 25.4. The van der Waals surface area contributed by atoms with Gasteiger partial charge in [-0.2, -0.15) is 0 Å². The number of rotatable bonds is 12. The first kappa shape index (κ1) is 50.3. The van der Waals surface area contributed by atoms with E-state index in [1.165, 1.54) is 0 Å². The molecule has 0 aromatic heterocycles. The minimum atomic E-state index is -2.15. The van der Waals surface area contributed by atoms with Gasteiger partial charge in [0.1, 0.15) is 34.5 Å². The highest BCUT2D eigenvalue weighted by Gasteiger charge is 2.45. The molecule has 0 unspecified atom stereocenters. The largest absolute Gasteiger partial charge is 0.494 e. The van der Waals surface area contributed by atoms with Crippen LogP contribution in [-0.2, 0) is 45.4 Å². The van der Waals surface area contributed by atoms with Gasteiger partial charge in [-0.1, -0.05) is 125 Å². The van der Waals surface area contributed by atoms with Gasteiger partial charge in [0.15, 0.2) is 0 Å². The molecule has 0 amide bonds. The molecule has 0 bridgehead atoms. The third kappa shape index (κ3) is 12.6. The van der Waals surface area contributed by atoms with E-state index in [4.69, 9.17) is 40.7 Å². The Bertz CT molecular complexity index is 1600. The minimum Gasteiger partial charge on any atom is -0.494 e. The quantitative estimate of drug-likeness (QED) is 0.165. The lowest BCUT2D eigenvalue weighted by molar-refractivity contribution is 0.270. The standard InChI is InChI=1S/C48H75O9P3/c1-22-49-31-25-34(43(4,5)6)40(35(26-31)44(7,8)9)52-58-55-59(53-41-36(45(10,11)12)27-32(50-23-2)28-37(41)46(13,14)15)57-60(56-58)54-42-38(47(16,17)18)29-33(51-24-3)30-39(42)48(19,20)21/h25-30H,22-24H2,1-21H3. The Labute approximate surface area is 367 Å². The second-order valence-electron chi connectivity index (χ2n) is 21.5. The maximum Gasteiger partial charge on any atom is 0.413 e. The molecule has 12 heteroatoms. The average molecular weight is 889 g/mol. The van der Waals surface area contributed by atoms with Gasteiger partial charge in [0.25, 0.3) is 0 Å². The Hall–Kier alpha value is -2.37. The molecule has 0 atom stereocenters. The summed E-state index contributed by atoms with van der Waals surface area (Å²) in [5.41, 5.74) is 3.96. The third-order valence-electron chi connectivity index (χ3n) is 9.87. The van der Waals surface area contributed by atoms with Gasteiger partial charge in [-0.15, -0.1) is 0 Å². The van der Waals surface area contributed by atoms with Crippen LogP contribution in [0, 0.1) is 0 Å². The molecule has 0 aliphatic carbocycles. The molecule has 0 saturated carbocycles. The normalized spacial score (nSPS) is 18.2. The van der Waals surface area contributed by atoms with Crippen LogP contribution in [0.2, 0.25) is 0 Å². The molecule has 1 fully saturated rings. The molecule has 336 valence electrons. The van der Waals surface area contributed by atoms with Crippen LogP contribution < -0.4 is 27.8 Å². The van der Waals surface area contributed by atoms with Crippen LogP contribution in [0.4, 0.5) is 0 Å². The summed E-state index contributed by atoms with van der Waals surface area (Å²) in [4.78, 5) is 0. The molecule has 4 rings (SSSR count). The SMILES string of the molecule is CCOc1cc(C(C)(C)C)c(OP2OP(Oc3c(C(C)(C)C)cc(OCC)cc3C(C)(C)C)OP(Oc3c(C(C)(C)C)cc(OCC)cc3C(C)(C)C)O2)c(C(C)(C)C)c1. The van der Waals surface area contributed by atoms with Crippen molar-refractivity contribution in [2.75, 3.05) is 19.8 Å². The highest BCUT2D eigenvalue weighted by molar-refractivity contribution is 7.69. The van der Waals surface area contributed by atoms with Crippen LogP contribution in [0.15, 0.2) is 36.4 Å². The van der Waals surface area contributed by atoms with E-state index < -0.39 is 25.8 Å². The summed E-state index contributed by atoms with van der Waals surface area (Å²) < 4.78 is 59.7. The molecule has 1 aliphatic rings. The zero-order valence-corrected chi connectivity index (χ0v) is 43.3. The maximum absolute atomic E-state index is 7.05. The summed E-state index contributed by atoms with van der Waals surface area (Å²) in [6.45, 7) is 46.7. The van der Waals surface area contributed by atoms with Crippen LogP contribution in [0.25, 0.3) is 0 Å². The third-order valence-corrected chi connectivity index (χ3v) is 14.1. The molecule has 3 aromatic carbocycles. The zero-order chi connectivity index (χ0) is 45.4. The lowest BCUT2D eigenvalue weighted by Gasteiger charge is -2.36. The van der Waals surface area contributed by atoms with Crippen molar-refractivity contribution >= 4 is 25.8 Å². The zero-order valence-electron chi connectivity index (χ0n) is 40.6. The fraction of sp³-hybridized carbons (Fsp3) is 0.625. The highest BCUT2D eigenvalue weighted by atomic mass is 31.3. The maximum atomic E-state index is 7.05. The van der Waals surface area contributed by atoms with Crippen LogP contribution in [0.1, 0.15) is 179 Å². The Morgan fingerprint density at radius 2 is 0.500 bits per heavy atom. The van der Waals surface area contributed by atoms with Crippen molar-refractivity contribution < 1.29 is 40.7 Å². The van der Waals surface area contributed by atoms with Gasteiger partial charge in [0, 0.05) is 33.4 Å². The number of hydrogen-bond donors (Lipinski definition) is 0. The molecule has 1 aliphatic heterocycles. The summed E-state index contributed by atoms with van der Waals surface area (Å²) in [6, 6.07) is 12.4. The van der Waals surface area contributed by atoms with Gasteiger partial charge in [-0.05, 0) is 89.7 Å². The van der Waals surface area contributed by atoms with Crippen LogP contribution in [-0.4, -0.2) is 19.8 Å². The summed E-state index contributed by atoms with van der Waals surface area (Å²) in [5.74, 6) is 4.44. The van der Waals surface area contributed by atoms with E-state index >= 15 is 0 Å². The van der Waals surface area contributed by atoms with E-state index in [1.807, 2.05) is 20.8 Å². The number of benzene rings is 3. The Morgan fingerprint density at radius 1 is 0.333 bits per heavy atom. The topological polar surface area (TPSA) is 83.1 Å². The summed E-state index contributed by atoms with van der Waals surface area (Å²) >= 11 is 0. The minimum absolute atomic E-state index is 0.316. The van der Waals surface area contributed by atoms with Crippen molar-refractivity contribution in [1.82, 2.24) is 0 Å². The molecule has 0 N–H and O–H groups in total. The first-order chi connectivity index (χ1) is 27.4. The van der Waals surface area contributed by atoms with Gasteiger partial charge in [0.2, 0.25) is 0 Å². The molecular weight excluding hydrogens is 813 g/mol. The first-order valence-electron chi connectivity index (χ1n) is 21.3. The molecule has 0 spiro atoms. The van der Waals surface area contributed by atoms with E-state index in [1.54, 1.807) is 0 Å². The van der Waals surface area contributed by atoms with Gasteiger partial charge in [-0.25, -0.2) is 12.9 Å². The summed E-state index contributed by atoms with van der Waals surface area (Å²) in [5, 5.41) is 0. The second kappa shape index (κ2) is 18.8. The van der Waals surface area contributed by atoms with Crippen molar-refractivity contribution in [3.63, 3.8) is 0 Å². The van der Waals surface area contributed by atoms with Gasteiger partial charge in [-0.3, -0.25) is 0 Å². The predicted octanol–water partition coefficient (Wildman–Crippen LogP) is 15.9. The van der Waals surface area contributed by atoms with Crippen LogP contribution >= 0.6 is 25.8 Å². The van der Waals surface area contributed by atoms with E-state index in [-0.39, 0.29) is 32.5 Å². The first-order valence-corrected chi connectivity index (χ1v) is 24.6. The van der Waals surface area contributed by atoms with Crippen molar-refractivity contribution in [3.05, 3.63) is 69.8 Å². The molecule has 60 heavy (non-hydrogen) atoms. The molecule has 1 heterocycles. The van der Waals surface area contributed by atoms with E-state index in [2.05, 4.69) is 161 Å². The van der Waals surface area contributed by atoms with Gasteiger partial charge in [0.05, 0.1) is 19.8 Å². The van der Waals surface area contributed by atoms with Crippen molar-refractivity contribution in [2.45, 2.75) is 178 Å². The summed E-state index contributed by atoms with van der Waals surface area (Å²) in [7, 11) is -6.44. The number of hydrogen-bond acceptors (Lipinski definition) is 9. The Kier molecular flexibility index (Phi) is 15.7. The van der Waals surface area contributed by atoms with E-state index in [0.29, 0.717) is 37.1 Å². The average Bonchev–Trinajstić information content (AvgIpc) is 3.07. The van der Waals surface area contributed by atoms with Crippen LogP contribution in [0.3, 0.4) is 0 Å². The van der Waals surface area contributed by atoms with Gasteiger partial charge < -0.3 is 27.8 Å². The lowest BCUT2D eigenvalue weighted by Crippen LogP contribution is -2.21. The van der Waals surface area contributed by atoms with Crippen molar-refractivity contribution in [1.29, 1.82) is 0 Å². The fourth-order valence-corrected chi connectivity index (χ4v) is 11.0. The van der Waals surface area contributed by atoms with E-state index in [9.17, 15) is 0 Å².